The third kappa shape index (κ3) is 3.56. The molecular formula is C18H15N3O3S. The molecule has 0 fully saturated rings. The third-order valence-corrected chi connectivity index (χ3v) is 4.47. The summed E-state index contributed by atoms with van der Waals surface area (Å²) in [5, 5.41) is 16.9. The van der Waals surface area contributed by atoms with Gasteiger partial charge in [0.1, 0.15) is 5.56 Å². The number of hydrogen-bond acceptors (Lipinski definition) is 5. The van der Waals surface area contributed by atoms with Gasteiger partial charge in [-0.2, -0.15) is 0 Å². The van der Waals surface area contributed by atoms with E-state index >= 15 is 0 Å². The fourth-order valence-corrected chi connectivity index (χ4v) is 3.16. The van der Waals surface area contributed by atoms with E-state index in [9.17, 15) is 14.9 Å². The van der Waals surface area contributed by atoms with Crippen LogP contribution in [0.5, 0.6) is 0 Å². The van der Waals surface area contributed by atoms with Gasteiger partial charge < -0.3 is 5.32 Å². The van der Waals surface area contributed by atoms with E-state index in [1.807, 2.05) is 24.4 Å². The number of aryl methyl sites for hydroxylation is 2. The number of nitrogens with one attached hydrogen (secondary N) is 1. The molecule has 0 radical (unpaired) electrons. The topological polar surface area (TPSA) is 85.1 Å². The maximum Gasteiger partial charge on any atom is 0.285 e. The highest BCUT2D eigenvalue weighted by atomic mass is 32.1. The number of carbonyl (C=O) groups excluding carboxylic acids is 1. The Hall–Kier alpha value is -3.06. The molecule has 1 amide bonds. The maximum atomic E-state index is 12.5. The lowest BCUT2D eigenvalue weighted by atomic mass is 10.1. The molecule has 0 aliphatic rings. The summed E-state index contributed by atoms with van der Waals surface area (Å²) in [5.41, 5.74) is 2.58. The molecule has 0 atom stereocenters. The second kappa shape index (κ2) is 6.82. The summed E-state index contributed by atoms with van der Waals surface area (Å²) in [6.45, 7) is 3.54. The average Bonchev–Trinajstić information content (AvgIpc) is 3.01. The SMILES string of the molecule is Cc1nc(-c2cccc(NC(=O)c3cccc(C)c3[N+](=O)[O-])c2)cs1. The van der Waals surface area contributed by atoms with Gasteiger partial charge in [-0.05, 0) is 32.0 Å². The van der Waals surface area contributed by atoms with Crippen LogP contribution in [0.2, 0.25) is 0 Å². The summed E-state index contributed by atoms with van der Waals surface area (Å²) < 4.78 is 0. The highest BCUT2D eigenvalue weighted by Gasteiger charge is 2.22. The Kier molecular flexibility index (Phi) is 4.58. The number of anilines is 1. The molecule has 0 bridgehead atoms. The van der Waals surface area contributed by atoms with Crippen molar-refractivity contribution >= 4 is 28.6 Å². The number of hydrogen-bond donors (Lipinski definition) is 1. The Morgan fingerprint density at radius 2 is 1.96 bits per heavy atom. The first-order valence-corrected chi connectivity index (χ1v) is 8.41. The average molecular weight is 353 g/mol. The summed E-state index contributed by atoms with van der Waals surface area (Å²) in [7, 11) is 0. The molecule has 6 nitrogen and oxygen atoms in total. The van der Waals surface area contributed by atoms with Crippen molar-refractivity contribution in [1.29, 1.82) is 0 Å². The van der Waals surface area contributed by atoms with Gasteiger partial charge in [0.05, 0.1) is 15.6 Å². The largest absolute Gasteiger partial charge is 0.322 e. The van der Waals surface area contributed by atoms with E-state index in [1.54, 1.807) is 42.5 Å². The minimum Gasteiger partial charge on any atom is -0.322 e. The lowest BCUT2D eigenvalue weighted by molar-refractivity contribution is -0.385. The van der Waals surface area contributed by atoms with E-state index in [2.05, 4.69) is 10.3 Å². The number of para-hydroxylation sites is 1. The van der Waals surface area contributed by atoms with Crippen molar-refractivity contribution in [3.05, 3.63) is 74.1 Å². The molecule has 7 heteroatoms. The Balaban J connectivity index is 1.90. The Bertz CT molecular complexity index is 966. The molecule has 0 aliphatic heterocycles. The number of carbonyl (C=O) groups is 1. The molecule has 0 saturated heterocycles. The molecule has 25 heavy (non-hydrogen) atoms. The summed E-state index contributed by atoms with van der Waals surface area (Å²) in [6, 6.07) is 11.9. The van der Waals surface area contributed by atoms with Crippen molar-refractivity contribution in [2.45, 2.75) is 13.8 Å². The van der Waals surface area contributed by atoms with Crippen molar-refractivity contribution in [3.8, 4) is 11.3 Å². The van der Waals surface area contributed by atoms with Gasteiger partial charge in [0.25, 0.3) is 11.6 Å². The number of nitro groups is 1. The number of thiazole rings is 1. The summed E-state index contributed by atoms with van der Waals surface area (Å²) in [4.78, 5) is 27.7. The molecule has 126 valence electrons. The number of amides is 1. The minimum absolute atomic E-state index is 0.0416. The quantitative estimate of drug-likeness (QED) is 0.549. The predicted molar refractivity (Wildman–Crippen MR) is 98.1 cm³/mol. The molecular weight excluding hydrogens is 338 g/mol. The van der Waals surface area contributed by atoms with Gasteiger partial charge in [0, 0.05) is 22.2 Å². The van der Waals surface area contributed by atoms with Crippen LogP contribution in [-0.2, 0) is 0 Å². The summed E-state index contributed by atoms with van der Waals surface area (Å²) in [6.07, 6.45) is 0. The molecule has 0 saturated carbocycles. The first-order valence-electron chi connectivity index (χ1n) is 7.53. The zero-order valence-corrected chi connectivity index (χ0v) is 14.5. The maximum absolute atomic E-state index is 12.5. The van der Waals surface area contributed by atoms with Gasteiger partial charge >= 0.3 is 0 Å². The molecule has 1 heterocycles. The van der Waals surface area contributed by atoms with Crippen molar-refractivity contribution in [1.82, 2.24) is 4.98 Å². The van der Waals surface area contributed by atoms with Crippen LogP contribution in [0.3, 0.4) is 0 Å². The van der Waals surface area contributed by atoms with Crippen molar-refractivity contribution < 1.29 is 9.72 Å². The first kappa shape index (κ1) is 16.8. The van der Waals surface area contributed by atoms with E-state index in [0.29, 0.717) is 11.3 Å². The van der Waals surface area contributed by atoms with Gasteiger partial charge in [-0.1, -0.05) is 24.3 Å². The van der Waals surface area contributed by atoms with Crippen LogP contribution in [0.25, 0.3) is 11.3 Å². The van der Waals surface area contributed by atoms with Crippen LogP contribution in [0.4, 0.5) is 11.4 Å². The van der Waals surface area contributed by atoms with Crippen molar-refractivity contribution in [2.24, 2.45) is 0 Å². The molecule has 0 spiro atoms. The van der Waals surface area contributed by atoms with Gasteiger partial charge in [-0.25, -0.2) is 4.98 Å². The zero-order chi connectivity index (χ0) is 18.0. The second-order valence-corrected chi connectivity index (χ2v) is 6.58. The number of aromatic nitrogens is 1. The van der Waals surface area contributed by atoms with Gasteiger partial charge in [-0.3, -0.25) is 14.9 Å². The highest BCUT2D eigenvalue weighted by Crippen LogP contribution is 2.26. The normalized spacial score (nSPS) is 10.5. The Morgan fingerprint density at radius 3 is 2.64 bits per heavy atom. The van der Waals surface area contributed by atoms with Crippen molar-refractivity contribution in [2.75, 3.05) is 5.32 Å². The fraction of sp³-hybridized carbons (Fsp3) is 0.111. The first-order chi connectivity index (χ1) is 12.0. The molecule has 0 unspecified atom stereocenters. The standard InChI is InChI=1S/C18H15N3O3S/c1-11-5-3-8-15(17(11)21(23)24)18(22)20-14-7-4-6-13(9-14)16-10-25-12(2)19-16/h3-10H,1-2H3,(H,20,22). The minimum atomic E-state index is -0.529. The summed E-state index contributed by atoms with van der Waals surface area (Å²) in [5.74, 6) is -0.512. The van der Waals surface area contributed by atoms with Crippen LogP contribution >= 0.6 is 11.3 Å². The predicted octanol–water partition coefficient (Wildman–Crippen LogP) is 4.59. The van der Waals surface area contributed by atoms with E-state index in [4.69, 9.17) is 0 Å². The Morgan fingerprint density at radius 1 is 1.20 bits per heavy atom. The number of nitrogens with zero attached hydrogens (tertiary/aromatic N) is 2. The lowest BCUT2D eigenvalue weighted by Crippen LogP contribution is -2.14. The molecule has 0 aliphatic carbocycles. The molecule has 1 N–H and O–H groups in total. The molecule has 3 rings (SSSR count). The molecule has 1 aromatic heterocycles. The monoisotopic (exact) mass is 353 g/mol. The van der Waals surface area contributed by atoms with Crippen LogP contribution in [0.15, 0.2) is 47.8 Å². The van der Waals surface area contributed by atoms with Gasteiger partial charge in [0.15, 0.2) is 0 Å². The molecule has 3 aromatic rings. The fourth-order valence-electron chi connectivity index (χ4n) is 2.54. The highest BCUT2D eigenvalue weighted by molar-refractivity contribution is 7.09. The van der Waals surface area contributed by atoms with Crippen molar-refractivity contribution in [3.63, 3.8) is 0 Å². The smallest absolute Gasteiger partial charge is 0.285 e. The lowest BCUT2D eigenvalue weighted by Gasteiger charge is -2.08. The van der Waals surface area contributed by atoms with Crippen LogP contribution in [0.1, 0.15) is 20.9 Å². The van der Waals surface area contributed by atoms with Crippen LogP contribution in [0, 0.1) is 24.0 Å². The number of nitro benzene ring substituents is 1. The van der Waals surface area contributed by atoms with E-state index in [1.165, 1.54) is 6.07 Å². The van der Waals surface area contributed by atoms with E-state index in [0.717, 1.165) is 16.3 Å². The molecule has 2 aromatic carbocycles. The number of benzene rings is 2. The Labute approximate surface area is 148 Å². The zero-order valence-electron chi connectivity index (χ0n) is 13.6. The van der Waals surface area contributed by atoms with Crippen LogP contribution < -0.4 is 5.32 Å². The van der Waals surface area contributed by atoms with Gasteiger partial charge in [-0.15, -0.1) is 11.3 Å². The van der Waals surface area contributed by atoms with E-state index in [-0.39, 0.29) is 11.3 Å². The second-order valence-electron chi connectivity index (χ2n) is 5.51. The van der Waals surface area contributed by atoms with Gasteiger partial charge in [0.2, 0.25) is 0 Å². The summed E-state index contributed by atoms with van der Waals surface area (Å²) >= 11 is 1.55. The number of rotatable bonds is 4. The van der Waals surface area contributed by atoms with Crippen LogP contribution in [-0.4, -0.2) is 15.8 Å². The van der Waals surface area contributed by atoms with E-state index < -0.39 is 10.8 Å². The third-order valence-electron chi connectivity index (χ3n) is 3.70.